The second-order valence-corrected chi connectivity index (χ2v) is 6.42. The van der Waals surface area contributed by atoms with E-state index in [0.29, 0.717) is 29.5 Å². The molecule has 0 unspecified atom stereocenters. The monoisotopic (exact) mass is 396 g/mol. The molecule has 0 aliphatic carbocycles. The van der Waals surface area contributed by atoms with E-state index in [0.717, 1.165) is 10.2 Å². The summed E-state index contributed by atoms with van der Waals surface area (Å²) in [6.07, 6.45) is 0. The third-order valence-corrected chi connectivity index (χ3v) is 4.22. The van der Waals surface area contributed by atoms with Crippen molar-refractivity contribution in [3.05, 3.63) is 58.3 Å². The maximum absolute atomic E-state index is 13.5. The van der Waals surface area contributed by atoms with E-state index in [-0.39, 0.29) is 5.82 Å². The van der Waals surface area contributed by atoms with Gasteiger partial charge in [-0.15, -0.1) is 0 Å². The van der Waals surface area contributed by atoms with Gasteiger partial charge in [0.15, 0.2) is 5.11 Å². The Labute approximate surface area is 149 Å². The molecular weight excluding hydrogens is 379 g/mol. The van der Waals surface area contributed by atoms with Gasteiger partial charge < -0.3 is 15.0 Å². The summed E-state index contributed by atoms with van der Waals surface area (Å²) in [5, 5.41) is 3.54. The van der Waals surface area contributed by atoms with Gasteiger partial charge in [-0.2, -0.15) is 0 Å². The summed E-state index contributed by atoms with van der Waals surface area (Å²) in [7, 11) is 1.87. The third kappa shape index (κ3) is 5.48. The molecule has 3 nitrogen and oxygen atoms in total. The van der Waals surface area contributed by atoms with Crippen molar-refractivity contribution >= 4 is 38.9 Å². The van der Waals surface area contributed by atoms with Crippen molar-refractivity contribution in [1.29, 1.82) is 0 Å². The van der Waals surface area contributed by atoms with Crippen molar-refractivity contribution in [1.82, 2.24) is 4.90 Å². The number of benzene rings is 2. The van der Waals surface area contributed by atoms with Crippen molar-refractivity contribution in [2.45, 2.75) is 6.92 Å². The van der Waals surface area contributed by atoms with Crippen LogP contribution >= 0.6 is 28.1 Å². The lowest BCUT2D eigenvalue weighted by Crippen LogP contribution is -2.34. The van der Waals surface area contributed by atoms with Crippen molar-refractivity contribution in [3.63, 3.8) is 0 Å². The van der Waals surface area contributed by atoms with E-state index in [1.165, 1.54) is 6.07 Å². The molecule has 6 heteroatoms. The lowest BCUT2D eigenvalue weighted by Gasteiger charge is -2.21. The molecule has 2 aromatic rings. The fraction of sp³-hybridized carbons (Fsp3) is 0.235. The summed E-state index contributed by atoms with van der Waals surface area (Å²) < 4.78 is 20.2. The number of aryl methyl sites for hydroxylation is 1. The number of ether oxygens (including phenoxy) is 1. The maximum atomic E-state index is 13.5. The van der Waals surface area contributed by atoms with Crippen LogP contribution in [0.4, 0.5) is 10.1 Å². The van der Waals surface area contributed by atoms with E-state index in [4.69, 9.17) is 17.0 Å². The van der Waals surface area contributed by atoms with E-state index < -0.39 is 0 Å². The Hall–Kier alpha value is -1.66. The predicted molar refractivity (Wildman–Crippen MR) is 99.6 cm³/mol. The number of anilines is 1. The van der Waals surface area contributed by atoms with Gasteiger partial charge in [0.05, 0.1) is 6.54 Å². The molecule has 0 bridgehead atoms. The molecule has 1 N–H and O–H groups in total. The molecule has 0 aliphatic rings. The Kier molecular flexibility index (Phi) is 6.36. The number of halogens is 2. The normalized spacial score (nSPS) is 10.3. The Morgan fingerprint density at radius 3 is 2.61 bits per heavy atom. The van der Waals surface area contributed by atoms with Gasteiger partial charge in [0.1, 0.15) is 18.2 Å². The highest BCUT2D eigenvalue weighted by molar-refractivity contribution is 9.10. The molecule has 0 atom stereocenters. The Balaban J connectivity index is 1.80. The number of thiocarbonyl (C=S) groups is 1. The fourth-order valence-electron chi connectivity index (χ4n) is 1.82. The summed E-state index contributed by atoms with van der Waals surface area (Å²) in [5.74, 6) is 0.556. The minimum atomic E-state index is -0.251. The smallest absolute Gasteiger partial charge is 0.173 e. The van der Waals surface area contributed by atoms with Crippen molar-refractivity contribution in [3.8, 4) is 5.75 Å². The fourth-order valence-corrected chi connectivity index (χ4v) is 2.30. The summed E-state index contributed by atoms with van der Waals surface area (Å²) in [5.41, 5.74) is 1.25. The Morgan fingerprint density at radius 1 is 1.26 bits per heavy atom. The Morgan fingerprint density at radius 2 is 1.96 bits per heavy atom. The van der Waals surface area contributed by atoms with Crippen LogP contribution in [0.25, 0.3) is 0 Å². The van der Waals surface area contributed by atoms with Gasteiger partial charge in [-0.05, 0) is 61.1 Å². The molecule has 2 rings (SSSR count). The second-order valence-electron chi connectivity index (χ2n) is 5.12. The van der Waals surface area contributed by atoms with E-state index in [1.807, 2.05) is 36.2 Å². The van der Waals surface area contributed by atoms with Crippen LogP contribution in [0.1, 0.15) is 5.56 Å². The van der Waals surface area contributed by atoms with E-state index in [2.05, 4.69) is 21.2 Å². The first-order valence-corrected chi connectivity index (χ1v) is 8.32. The molecule has 0 amide bonds. The minimum absolute atomic E-state index is 0.251. The van der Waals surface area contributed by atoms with Gasteiger partial charge in [-0.25, -0.2) is 4.39 Å². The van der Waals surface area contributed by atoms with Crippen LogP contribution in [0.5, 0.6) is 5.75 Å². The molecule has 122 valence electrons. The predicted octanol–water partition coefficient (Wildman–Crippen LogP) is 4.60. The number of nitrogens with zero attached hydrogens (tertiary/aromatic N) is 1. The van der Waals surface area contributed by atoms with Gasteiger partial charge in [-0.1, -0.05) is 22.0 Å². The molecule has 0 saturated heterocycles. The zero-order valence-corrected chi connectivity index (χ0v) is 15.4. The number of likely N-dealkylation sites (N-methyl/N-ethyl adjacent to an activating group) is 1. The SMILES string of the molecule is Cc1ccc(NC(=S)N(C)CCOc2ccc(Br)cc2)cc1F. The molecule has 0 aromatic heterocycles. The number of rotatable bonds is 5. The van der Waals surface area contributed by atoms with Gasteiger partial charge in [0, 0.05) is 17.2 Å². The van der Waals surface area contributed by atoms with Gasteiger partial charge in [0.25, 0.3) is 0 Å². The highest BCUT2D eigenvalue weighted by Crippen LogP contribution is 2.16. The highest BCUT2D eigenvalue weighted by atomic mass is 79.9. The summed E-state index contributed by atoms with van der Waals surface area (Å²) in [6, 6.07) is 12.6. The summed E-state index contributed by atoms with van der Waals surface area (Å²) in [4.78, 5) is 1.85. The molecule has 2 aromatic carbocycles. The minimum Gasteiger partial charge on any atom is -0.492 e. The number of nitrogens with one attached hydrogen (secondary N) is 1. The van der Waals surface area contributed by atoms with E-state index >= 15 is 0 Å². The molecule has 0 radical (unpaired) electrons. The third-order valence-electron chi connectivity index (χ3n) is 3.28. The van der Waals surface area contributed by atoms with E-state index in [9.17, 15) is 4.39 Å². The Bertz CT molecular complexity index is 679. The van der Waals surface area contributed by atoms with Crippen LogP contribution in [0.2, 0.25) is 0 Å². The van der Waals surface area contributed by atoms with Crippen molar-refractivity contribution in [2.75, 3.05) is 25.5 Å². The van der Waals surface area contributed by atoms with Crippen LogP contribution in [0.3, 0.4) is 0 Å². The zero-order chi connectivity index (χ0) is 16.8. The summed E-state index contributed by atoms with van der Waals surface area (Å²) >= 11 is 8.69. The lowest BCUT2D eigenvalue weighted by atomic mass is 10.2. The zero-order valence-electron chi connectivity index (χ0n) is 13.0. The van der Waals surface area contributed by atoms with Crippen LogP contribution < -0.4 is 10.1 Å². The van der Waals surface area contributed by atoms with Gasteiger partial charge in [0.2, 0.25) is 0 Å². The second kappa shape index (κ2) is 8.26. The van der Waals surface area contributed by atoms with Crippen LogP contribution in [-0.2, 0) is 0 Å². The van der Waals surface area contributed by atoms with Crippen LogP contribution in [0.15, 0.2) is 46.9 Å². The first-order valence-electron chi connectivity index (χ1n) is 7.12. The molecule has 0 heterocycles. The van der Waals surface area contributed by atoms with Crippen LogP contribution in [0, 0.1) is 12.7 Å². The van der Waals surface area contributed by atoms with Crippen molar-refractivity contribution < 1.29 is 9.13 Å². The molecule has 23 heavy (non-hydrogen) atoms. The molecule has 0 fully saturated rings. The molecule has 0 spiro atoms. The lowest BCUT2D eigenvalue weighted by molar-refractivity contribution is 0.285. The standard InChI is InChI=1S/C17H18BrFN2OS/c1-12-3-6-14(11-16(12)19)20-17(23)21(2)9-10-22-15-7-4-13(18)5-8-15/h3-8,11H,9-10H2,1-2H3,(H,20,23). The quantitative estimate of drug-likeness (QED) is 0.746. The van der Waals surface area contributed by atoms with Gasteiger partial charge in [-0.3, -0.25) is 0 Å². The summed E-state index contributed by atoms with van der Waals surface area (Å²) in [6.45, 7) is 2.85. The average Bonchev–Trinajstić information content (AvgIpc) is 2.52. The largest absolute Gasteiger partial charge is 0.492 e. The molecular formula is C17H18BrFN2OS. The average molecular weight is 397 g/mol. The van der Waals surface area contributed by atoms with Gasteiger partial charge >= 0.3 is 0 Å². The van der Waals surface area contributed by atoms with Crippen molar-refractivity contribution in [2.24, 2.45) is 0 Å². The topological polar surface area (TPSA) is 24.5 Å². The first-order chi connectivity index (χ1) is 11.0. The number of hydrogen-bond acceptors (Lipinski definition) is 2. The van der Waals surface area contributed by atoms with Crippen LogP contribution in [-0.4, -0.2) is 30.2 Å². The van der Waals surface area contributed by atoms with E-state index in [1.54, 1.807) is 19.1 Å². The highest BCUT2D eigenvalue weighted by Gasteiger charge is 2.06. The number of hydrogen-bond donors (Lipinski definition) is 1. The maximum Gasteiger partial charge on any atom is 0.173 e. The molecule has 0 saturated carbocycles. The molecule has 0 aliphatic heterocycles. The first kappa shape index (κ1) is 17.7.